The average molecular weight is 220 g/mol. The fourth-order valence-corrected chi connectivity index (χ4v) is 2.10. The zero-order chi connectivity index (χ0) is 10.5. The molecule has 1 aromatic heterocycles. The number of aliphatic hydroxyl groups excluding tert-OH is 1. The van der Waals surface area contributed by atoms with Crippen LogP contribution in [0.15, 0.2) is 36.5 Å². The first-order valence-corrected chi connectivity index (χ1v) is 5.58. The molecule has 2 N–H and O–H groups in total. The summed E-state index contributed by atoms with van der Waals surface area (Å²) in [5, 5.41) is 12.6. The van der Waals surface area contributed by atoms with Crippen molar-refractivity contribution < 1.29 is 5.11 Å². The maximum absolute atomic E-state index is 8.67. The minimum absolute atomic E-state index is 0.125. The molecule has 0 unspecified atom stereocenters. The van der Waals surface area contributed by atoms with Crippen LogP contribution in [0.5, 0.6) is 0 Å². The second kappa shape index (κ2) is 4.91. The van der Waals surface area contributed by atoms with Crippen molar-refractivity contribution in [3.05, 3.63) is 36.5 Å². The van der Waals surface area contributed by atoms with Gasteiger partial charge in [0, 0.05) is 12.7 Å². The normalized spacial score (nSPS) is 10.2. The third-order valence-electron chi connectivity index (χ3n) is 1.95. The van der Waals surface area contributed by atoms with Gasteiger partial charge in [-0.15, -0.1) is 0 Å². The summed E-state index contributed by atoms with van der Waals surface area (Å²) >= 11 is 1.59. The number of nitrogens with zero attached hydrogens (tertiary/aromatic N) is 1. The van der Waals surface area contributed by atoms with E-state index in [-0.39, 0.29) is 6.61 Å². The van der Waals surface area contributed by atoms with E-state index in [1.807, 2.05) is 24.4 Å². The number of aromatic nitrogens is 1. The molecule has 1 aromatic carbocycles. The van der Waals surface area contributed by atoms with Gasteiger partial charge < -0.3 is 10.4 Å². The maximum Gasteiger partial charge on any atom is 0.183 e. The van der Waals surface area contributed by atoms with Crippen LogP contribution < -0.4 is 5.32 Å². The Labute approximate surface area is 92.4 Å². The van der Waals surface area contributed by atoms with Crippen molar-refractivity contribution in [2.75, 3.05) is 18.5 Å². The monoisotopic (exact) mass is 220 g/mol. The Morgan fingerprint density at radius 1 is 1.27 bits per heavy atom. The average Bonchev–Trinajstić information content (AvgIpc) is 2.76. The summed E-state index contributed by atoms with van der Waals surface area (Å²) in [7, 11) is 0. The Balaban J connectivity index is 2.14. The van der Waals surface area contributed by atoms with Crippen molar-refractivity contribution in [1.82, 2.24) is 4.98 Å². The van der Waals surface area contributed by atoms with Gasteiger partial charge in [-0.1, -0.05) is 41.7 Å². The Morgan fingerprint density at radius 2 is 2.07 bits per heavy atom. The van der Waals surface area contributed by atoms with Crippen molar-refractivity contribution in [3.8, 4) is 10.4 Å². The molecule has 0 radical (unpaired) electrons. The molecule has 78 valence electrons. The molecule has 2 rings (SSSR count). The summed E-state index contributed by atoms with van der Waals surface area (Å²) in [4.78, 5) is 5.36. The lowest BCUT2D eigenvalue weighted by Crippen LogP contribution is -2.04. The van der Waals surface area contributed by atoms with E-state index in [0.29, 0.717) is 6.54 Å². The van der Waals surface area contributed by atoms with Crippen LogP contribution in [0.2, 0.25) is 0 Å². The van der Waals surface area contributed by atoms with Gasteiger partial charge in [0.15, 0.2) is 5.13 Å². The number of nitrogens with one attached hydrogen (secondary N) is 1. The third kappa shape index (κ3) is 2.55. The molecule has 0 saturated heterocycles. The van der Waals surface area contributed by atoms with Crippen molar-refractivity contribution in [3.63, 3.8) is 0 Å². The van der Waals surface area contributed by atoms with Gasteiger partial charge in [0.05, 0.1) is 11.5 Å². The van der Waals surface area contributed by atoms with Crippen molar-refractivity contribution >= 4 is 16.5 Å². The van der Waals surface area contributed by atoms with Crippen LogP contribution in [0.3, 0.4) is 0 Å². The summed E-state index contributed by atoms with van der Waals surface area (Å²) in [5.41, 5.74) is 1.17. The minimum atomic E-state index is 0.125. The topological polar surface area (TPSA) is 45.1 Å². The predicted molar refractivity (Wildman–Crippen MR) is 63.1 cm³/mol. The molecular formula is C11H12N2OS. The van der Waals surface area contributed by atoms with Crippen molar-refractivity contribution in [2.24, 2.45) is 0 Å². The molecule has 0 aliphatic carbocycles. The van der Waals surface area contributed by atoms with Crippen LogP contribution in [-0.4, -0.2) is 23.2 Å². The molecule has 0 aliphatic rings. The Bertz CT molecular complexity index is 414. The molecule has 0 fully saturated rings. The number of benzene rings is 1. The highest BCUT2D eigenvalue weighted by atomic mass is 32.1. The first-order valence-electron chi connectivity index (χ1n) is 4.76. The molecular weight excluding hydrogens is 208 g/mol. The highest BCUT2D eigenvalue weighted by Gasteiger charge is 2.02. The Morgan fingerprint density at radius 3 is 2.80 bits per heavy atom. The number of hydrogen-bond acceptors (Lipinski definition) is 4. The molecule has 0 spiro atoms. The highest BCUT2D eigenvalue weighted by Crippen LogP contribution is 2.28. The summed E-state index contributed by atoms with van der Waals surface area (Å²) in [6, 6.07) is 10.1. The van der Waals surface area contributed by atoms with Crippen LogP contribution in [0.1, 0.15) is 0 Å². The number of rotatable bonds is 4. The molecule has 0 saturated carbocycles. The van der Waals surface area contributed by atoms with Gasteiger partial charge in [-0.3, -0.25) is 0 Å². The predicted octanol–water partition coefficient (Wildman–Crippen LogP) is 2.21. The van der Waals surface area contributed by atoms with Crippen LogP contribution >= 0.6 is 11.3 Å². The van der Waals surface area contributed by atoms with Crippen molar-refractivity contribution in [1.29, 1.82) is 0 Å². The lowest BCUT2D eigenvalue weighted by atomic mass is 10.2. The van der Waals surface area contributed by atoms with Gasteiger partial charge in [-0.25, -0.2) is 4.98 Å². The van der Waals surface area contributed by atoms with Gasteiger partial charge in [0.1, 0.15) is 0 Å². The highest BCUT2D eigenvalue weighted by molar-refractivity contribution is 7.18. The van der Waals surface area contributed by atoms with E-state index >= 15 is 0 Å². The van der Waals surface area contributed by atoms with E-state index in [9.17, 15) is 0 Å². The van der Waals surface area contributed by atoms with E-state index in [1.54, 1.807) is 11.3 Å². The smallest absolute Gasteiger partial charge is 0.183 e. The van der Waals surface area contributed by atoms with Crippen molar-refractivity contribution in [2.45, 2.75) is 0 Å². The second-order valence-corrected chi connectivity index (χ2v) is 4.08. The largest absolute Gasteiger partial charge is 0.395 e. The summed E-state index contributed by atoms with van der Waals surface area (Å²) in [6.45, 7) is 0.669. The van der Waals surface area contributed by atoms with Crippen LogP contribution in [0.25, 0.3) is 10.4 Å². The molecule has 2 aromatic rings. The molecule has 3 nitrogen and oxygen atoms in total. The summed E-state index contributed by atoms with van der Waals surface area (Å²) in [6.07, 6.45) is 1.85. The first-order chi connectivity index (χ1) is 7.40. The zero-order valence-electron chi connectivity index (χ0n) is 8.18. The number of hydrogen-bond donors (Lipinski definition) is 2. The standard InChI is InChI=1S/C11H12N2OS/c14-7-6-12-11-13-8-10(15-11)9-4-2-1-3-5-9/h1-5,8,14H,6-7H2,(H,12,13). The molecule has 1 heterocycles. The Hall–Kier alpha value is -1.39. The SMILES string of the molecule is OCCNc1ncc(-c2ccccc2)s1. The lowest BCUT2D eigenvalue weighted by Gasteiger charge is -1.97. The molecule has 0 atom stereocenters. The van der Waals surface area contributed by atoms with E-state index in [4.69, 9.17) is 5.11 Å². The molecule has 15 heavy (non-hydrogen) atoms. The van der Waals surface area contributed by atoms with Gasteiger partial charge in [-0.05, 0) is 5.56 Å². The van der Waals surface area contributed by atoms with E-state index in [1.165, 1.54) is 5.56 Å². The van der Waals surface area contributed by atoms with Gasteiger partial charge in [0.2, 0.25) is 0 Å². The fourth-order valence-electron chi connectivity index (χ4n) is 1.25. The first kappa shape index (κ1) is 10.1. The zero-order valence-corrected chi connectivity index (χ0v) is 9.00. The van der Waals surface area contributed by atoms with E-state index < -0.39 is 0 Å². The minimum Gasteiger partial charge on any atom is -0.395 e. The number of aliphatic hydroxyl groups is 1. The van der Waals surface area contributed by atoms with Crippen LogP contribution in [-0.2, 0) is 0 Å². The fraction of sp³-hybridized carbons (Fsp3) is 0.182. The quantitative estimate of drug-likeness (QED) is 0.830. The molecule has 0 bridgehead atoms. The van der Waals surface area contributed by atoms with Gasteiger partial charge in [0.25, 0.3) is 0 Å². The lowest BCUT2D eigenvalue weighted by molar-refractivity contribution is 0.311. The van der Waals surface area contributed by atoms with E-state index in [0.717, 1.165) is 10.0 Å². The number of anilines is 1. The van der Waals surface area contributed by atoms with Gasteiger partial charge in [-0.2, -0.15) is 0 Å². The Kier molecular flexibility index (Phi) is 3.32. The second-order valence-electron chi connectivity index (χ2n) is 3.05. The number of thiazole rings is 1. The molecule has 0 amide bonds. The molecule has 4 heteroatoms. The van der Waals surface area contributed by atoms with Gasteiger partial charge >= 0.3 is 0 Å². The third-order valence-corrected chi connectivity index (χ3v) is 2.96. The maximum atomic E-state index is 8.67. The van der Waals surface area contributed by atoms with Crippen LogP contribution in [0.4, 0.5) is 5.13 Å². The summed E-state index contributed by atoms with van der Waals surface area (Å²) < 4.78 is 0. The van der Waals surface area contributed by atoms with E-state index in [2.05, 4.69) is 22.4 Å². The molecule has 0 aliphatic heterocycles. The van der Waals surface area contributed by atoms with Crippen LogP contribution in [0, 0.1) is 0 Å². The summed E-state index contributed by atoms with van der Waals surface area (Å²) in [5.74, 6) is 0.